The number of ketones is 1. The summed E-state index contributed by atoms with van der Waals surface area (Å²) in [6, 6.07) is 20.0. The van der Waals surface area contributed by atoms with E-state index < -0.39 is 17.7 Å². The normalized spacial score (nSPS) is 18.8. The molecule has 10 heteroatoms. The molecule has 0 saturated carbocycles. The molecule has 0 bridgehead atoms. The fourth-order valence-electron chi connectivity index (χ4n) is 5.37. The average Bonchev–Trinajstić information content (AvgIpc) is 3.71. The zero-order valence-corrected chi connectivity index (χ0v) is 26.4. The van der Waals surface area contributed by atoms with E-state index in [4.69, 9.17) is 9.47 Å². The summed E-state index contributed by atoms with van der Waals surface area (Å²) in [7, 11) is 0. The van der Waals surface area contributed by atoms with Crippen LogP contribution in [0.2, 0.25) is 0 Å². The second-order valence-corrected chi connectivity index (χ2v) is 13.2. The van der Waals surface area contributed by atoms with Crippen molar-refractivity contribution in [1.82, 2.24) is 10.2 Å². The molecule has 1 amide bonds. The van der Waals surface area contributed by atoms with Crippen LogP contribution in [0.4, 0.5) is 5.13 Å². The first kappa shape index (κ1) is 29.9. The van der Waals surface area contributed by atoms with E-state index in [1.54, 1.807) is 12.1 Å². The van der Waals surface area contributed by atoms with Crippen molar-refractivity contribution in [2.24, 2.45) is 0 Å². The van der Waals surface area contributed by atoms with Gasteiger partial charge in [-0.25, -0.2) is 0 Å². The molecular formula is C34H33N3O5S2. The number of unbranched alkanes of at least 4 members (excludes halogenated alkanes) is 1. The fraction of sp³-hybridized carbons (Fsp3) is 0.294. The van der Waals surface area contributed by atoms with Gasteiger partial charge in [0.15, 0.2) is 4.34 Å². The molecule has 3 heterocycles. The van der Waals surface area contributed by atoms with Gasteiger partial charge in [0.1, 0.15) is 23.4 Å². The number of aliphatic hydroxyl groups excluding tert-OH is 1. The Hall–Kier alpha value is -4.15. The first-order valence-corrected chi connectivity index (χ1v) is 16.5. The minimum Gasteiger partial charge on any atom is -0.507 e. The van der Waals surface area contributed by atoms with Crippen molar-refractivity contribution >= 4 is 45.7 Å². The van der Waals surface area contributed by atoms with Crippen molar-refractivity contribution in [3.05, 3.63) is 100 Å². The summed E-state index contributed by atoms with van der Waals surface area (Å²) in [6.45, 7) is 6.67. The SMILES string of the molecule is CCCCOc1cccc(C2C(=C(O)c3ccc4c(c3)CC(C)O4)C(=O)C(=O)N2c2nnc(SCc3ccc(C)cc3)s2)c1. The fourth-order valence-corrected chi connectivity index (χ4v) is 7.19. The number of anilines is 1. The van der Waals surface area contributed by atoms with Crippen LogP contribution in [-0.2, 0) is 21.8 Å². The summed E-state index contributed by atoms with van der Waals surface area (Å²) in [5.74, 6) is 0.282. The third-order valence-electron chi connectivity index (χ3n) is 7.64. The van der Waals surface area contributed by atoms with Crippen LogP contribution >= 0.6 is 23.1 Å². The number of aryl methyl sites for hydroxylation is 1. The molecule has 1 saturated heterocycles. The van der Waals surface area contributed by atoms with E-state index in [1.807, 2.05) is 44.2 Å². The van der Waals surface area contributed by atoms with E-state index in [0.29, 0.717) is 40.0 Å². The number of fused-ring (bicyclic) bond motifs is 1. The highest BCUT2D eigenvalue weighted by molar-refractivity contribution is 8.00. The maximum Gasteiger partial charge on any atom is 0.301 e. The van der Waals surface area contributed by atoms with Crippen LogP contribution < -0.4 is 14.4 Å². The molecule has 0 spiro atoms. The standard InChI is InChI=1S/C34H33N3O5S2/c1-4-5-15-41-26-8-6-7-23(18-26)29-28(30(38)24-13-14-27-25(17-24)16-21(3)42-27)31(39)32(40)37(29)33-35-36-34(44-33)43-19-22-11-9-20(2)10-12-22/h6-14,17-18,21,29,38H,4-5,15-16,19H2,1-3H3. The van der Waals surface area contributed by atoms with Crippen LogP contribution in [0.25, 0.3) is 5.76 Å². The summed E-state index contributed by atoms with van der Waals surface area (Å²) in [6.07, 6.45) is 2.61. The van der Waals surface area contributed by atoms with E-state index in [-0.39, 0.29) is 22.6 Å². The molecule has 2 atom stereocenters. The smallest absolute Gasteiger partial charge is 0.301 e. The van der Waals surface area contributed by atoms with Gasteiger partial charge in [0.25, 0.3) is 5.78 Å². The summed E-state index contributed by atoms with van der Waals surface area (Å²) >= 11 is 2.76. The Balaban J connectivity index is 1.38. The molecule has 2 aliphatic rings. The van der Waals surface area contributed by atoms with Gasteiger partial charge < -0.3 is 14.6 Å². The Morgan fingerprint density at radius 3 is 2.73 bits per heavy atom. The van der Waals surface area contributed by atoms with Crippen molar-refractivity contribution in [3.8, 4) is 11.5 Å². The molecule has 0 radical (unpaired) electrons. The molecule has 2 aliphatic heterocycles. The van der Waals surface area contributed by atoms with E-state index in [0.717, 1.165) is 29.7 Å². The van der Waals surface area contributed by atoms with Gasteiger partial charge in [-0.2, -0.15) is 0 Å². The molecule has 0 aliphatic carbocycles. The second kappa shape index (κ2) is 12.8. The van der Waals surface area contributed by atoms with E-state index in [1.165, 1.54) is 33.6 Å². The number of carbonyl (C=O) groups excluding carboxylic acids is 2. The molecule has 8 nitrogen and oxygen atoms in total. The molecule has 6 rings (SSSR count). The van der Waals surface area contributed by atoms with Gasteiger partial charge in [-0.15, -0.1) is 10.2 Å². The summed E-state index contributed by atoms with van der Waals surface area (Å²) in [4.78, 5) is 28.7. The number of aliphatic hydroxyl groups is 1. The topological polar surface area (TPSA) is 102 Å². The van der Waals surface area contributed by atoms with Gasteiger partial charge in [0.2, 0.25) is 5.13 Å². The minimum atomic E-state index is -0.920. The maximum atomic E-state index is 13.7. The van der Waals surface area contributed by atoms with Gasteiger partial charge in [-0.1, -0.05) is 78.4 Å². The number of hydrogen-bond donors (Lipinski definition) is 1. The third-order valence-corrected chi connectivity index (χ3v) is 9.77. The first-order valence-electron chi connectivity index (χ1n) is 14.7. The zero-order chi connectivity index (χ0) is 30.8. The summed E-state index contributed by atoms with van der Waals surface area (Å²) < 4.78 is 12.5. The van der Waals surface area contributed by atoms with Crippen molar-refractivity contribution in [2.45, 2.75) is 62.3 Å². The van der Waals surface area contributed by atoms with Crippen LogP contribution in [0, 0.1) is 6.92 Å². The van der Waals surface area contributed by atoms with Gasteiger partial charge in [0, 0.05) is 17.7 Å². The number of amides is 1. The number of hydrogen-bond acceptors (Lipinski definition) is 9. The van der Waals surface area contributed by atoms with Crippen LogP contribution in [0.3, 0.4) is 0 Å². The van der Waals surface area contributed by atoms with Crippen LogP contribution in [0.5, 0.6) is 11.5 Å². The highest BCUT2D eigenvalue weighted by Crippen LogP contribution is 2.45. The average molecular weight is 628 g/mol. The molecule has 4 aromatic rings. The zero-order valence-electron chi connectivity index (χ0n) is 24.8. The molecule has 226 valence electrons. The van der Waals surface area contributed by atoms with Gasteiger partial charge in [0.05, 0.1) is 18.2 Å². The molecule has 3 aromatic carbocycles. The lowest BCUT2D eigenvalue weighted by molar-refractivity contribution is -0.132. The summed E-state index contributed by atoms with van der Waals surface area (Å²) in [5.41, 5.74) is 4.35. The van der Waals surface area contributed by atoms with E-state index in [9.17, 15) is 14.7 Å². The second-order valence-electron chi connectivity index (χ2n) is 11.0. The molecule has 1 aromatic heterocycles. The number of ether oxygens (including phenoxy) is 2. The van der Waals surface area contributed by atoms with Gasteiger partial charge >= 0.3 is 5.91 Å². The number of carbonyl (C=O) groups is 2. The highest BCUT2D eigenvalue weighted by Gasteiger charge is 2.48. The predicted molar refractivity (Wildman–Crippen MR) is 173 cm³/mol. The highest BCUT2D eigenvalue weighted by atomic mass is 32.2. The van der Waals surface area contributed by atoms with Crippen molar-refractivity contribution in [1.29, 1.82) is 0 Å². The Morgan fingerprint density at radius 1 is 1.11 bits per heavy atom. The Bertz CT molecular complexity index is 1730. The summed E-state index contributed by atoms with van der Waals surface area (Å²) in [5, 5.41) is 20.6. The Kier molecular flexibility index (Phi) is 8.72. The van der Waals surface area contributed by atoms with Crippen molar-refractivity contribution < 1.29 is 24.2 Å². The van der Waals surface area contributed by atoms with Crippen LogP contribution in [0.1, 0.15) is 60.5 Å². The Labute approximate surface area is 264 Å². The molecule has 2 unspecified atom stereocenters. The van der Waals surface area contributed by atoms with Crippen LogP contribution in [0.15, 0.2) is 76.6 Å². The van der Waals surface area contributed by atoms with Crippen molar-refractivity contribution in [3.63, 3.8) is 0 Å². The first-order chi connectivity index (χ1) is 21.3. The third kappa shape index (κ3) is 6.09. The molecule has 44 heavy (non-hydrogen) atoms. The largest absolute Gasteiger partial charge is 0.507 e. The quantitative estimate of drug-likeness (QED) is 0.0489. The van der Waals surface area contributed by atoms with Gasteiger partial charge in [-0.05, 0) is 67.3 Å². The number of benzene rings is 3. The lowest BCUT2D eigenvalue weighted by atomic mass is 9.94. The number of aromatic nitrogens is 2. The van der Waals surface area contributed by atoms with Crippen molar-refractivity contribution in [2.75, 3.05) is 11.5 Å². The maximum absolute atomic E-state index is 13.7. The number of thioether (sulfide) groups is 1. The lowest BCUT2D eigenvalue weighted by Gasteiger charge is -2.23. The number of rotatable bonds is 10. The Morgan fingerprint density at radius 2 is 1.93 bits per heavy atom. The lowest BCUT2D eigenvalue weighted by Crippen LogP contribution is -2.29. The number of nitrogens with zero attached hydrogens (tertiary/aromatic N) is 3. The minimum absolute atomic E-state index is 0.00307. The van der Waals surface area contributed by atoms with E-state index >= 15 is 0 Å². The van der Waals surface area contributed by atoms with Crippen LogP contribution in [-0.4, -0.2) is 39.7 Å². The van der Waals surface area contributed by atoms with Gasteiger partial charge in [-0.3, -0.25) is 14.5 Å². The molecular weight excluding hydrogens is 595 g/mol. The predicted octanol–water partition coefficient (Wildman–Crippen LogP) is 7.27. The van der Waals surface area contributed by atoms with E-state index in [2.05, 4.69) is 41.4 Å². The molecule has 1 N–H and O–H groups in total. The number of Topliss-reactive ketones (excluding diaryl/α,β-unsaturated/α-hetero) is 1. The molecule has 1 fully saturated rings. The monoisotopic (exact) mass is 627 g/mol.